The minimum absolute atomic E-state index is 0.00165. The van der Waals surface area contributed by atoms with Gasteiger partial charge in [-0.15, -0.1) is 0 Å². The number of imidazole rings is 4. The molecule has 0 aliphatic carbocycles. The Morgan fingerprint density at radius 3 is 1.74 bits per heavy atom. The van der Waals surface area contributed by atoms with E-state index in [2.05, 4.69) is 65.1 Å². The first-order chi connectivity index (χ1) is 56.8. The summed E-state index contributed by atoms with van der Waals surface area (Å²) in [5.74, 6) is -1.04. The molecule has 14 heterocycles. The smallest absolute Gasteiger partial charge is 0.408 e. The van der Waals surface area contributed by atoms with Gasteiger partial charge in [-0.05, 0) is 78.4 Å². The van der Waals surface area contributed by atoms with Crippen molar-refractivity contribution in [2.75, 3.05) is 49.4 Å². The number of nitriles is 1. The van der Waals surface area contributed by atoms with Crippen LogP contribution in [0.2, 0.25) is 36.3 Å². The summed E-state index contributed by atoms with van der Waals surface area (Å²) in [7, 11) is -15.4. The third-order valence-corrected chi connectivity index (χ3v) is 37.3. The van der Waals surface area contributed by atoms with Gasteiger partial charge in [-0.3, -0.25) is 69.6 Å². The number of rotatable bonds is 16. The van der Waals surface area contributed by atoms with Crippen LogP contribution in [0.4, 0.5) is 26.4 Å². The van der Waals surface area contributed by atoms with E-state index in [0.717, 1.165) is 12.7 Å². The summed E-state index contributed by atoms with van der Waals surface area (Å²) < 4.78 is 153. The standard InChI is InChI=1S/C42H53FN10O12P2SSi.C26H37FN10O11P2SSi/c1-23(2)25(54)18-28-49-37-31(39(56)50-28)48-22-53(37)41-34-33(65-69(6,7)42(3,4)5)26(61-41)14-17-66(57,58)63-32-27(19-60-67(68,64-34)59-16-11-15-44)62-40(29(32)43)52-21-47-30-35(45-20-46-36(30)52)51-38(55)24-12-9-8-10-13-24;1-26(2,3)52(4,5)48-17-12-6-42-49(39,40)46-16-11(44-23(13(16)27)36-9-32-14-19(28)30-8-31-20(14)36)7-43-50(41,51)47-18(17)24(45-12)37-10-33-15-21(37)34-25(29)35-22(15)38/h8-10,12-13,20-23,26-27,29,32-34,40-41H,11,14,16-19H2,1-7H3,(H,57,58)(H,49,50,56)(H,45,46,51,55);8-13,16-18,23-24H,6-7H2,1-5H3,(H,39,40)(H,41,51)(H2,28,30,31)(H3,29,34,35,38)/t26-,27-,29-,32-,33-,34-,40-,41-,67?;11-,12-,13-,16-,17-,18-,23-,24-,50?/m11/s1. The number of carbonyl (C=O) groups excluding carboxylic acids is 2. The van der Waals surface area contributed by atoms with Gasteiger partial charge in [0.05, 0.1) is 82.9 Å². The van der Waals surface area contributed by atoms with E-state index in [-0.39, 0.29) is 116 Å². The number of Topliss-reactive ketones (excluding diaryl/α,β-unsaturated/α-hetero) is 1. The topological polar surface area (TPSA) is 560 Å². The van der Waals surface area contributed by atoms with Crippen molar-refractivity contribution in [3.63, 3.8) is 0 Å². The number of alkyl halides is 2. The molecule has 15 rings (SSSR count). The predicted molar refractivity (Wildman–Crippen MR) is 437 cm³/mol. The lowest BCUT2D eigenvalue weighted by molar-refractivity contribution is -0.121. The van der Waals surface area contributed by atoms with Gasteiger partial charge in [0.2, 0.25) is 5.95 Å². The number of nitrogens with two attached hydrogens (primary N) is 2. The van der Waals surface area contributed by atoms with Crippen LogP contribution in [0.5, 0.6) is 0 Å². The molecular weight excluding hydrogens is 1750 g/mol. The molecule has 121 heavy (non-hydrogen) atoms. The van der Waals surface area contributed by atoms with Gasteiger partial charge >= 0.3 is 28.9 Å². The molecule has 6 saturated heterocycles. The Morgan fingerprint density at radius 2 is 1.15 bits per heavy atom. The fraction of sp³-hybridized carbons (Fsp3) is 0.574. The van der Waals surface area contributed by atoms with E-state index in [9.17, 15) is 48.3 Å². The number of aromatic amines is 2. The predicted octanol–water partition coefficient (Wildman–Crippen LogP) is 7.82. The van der Waals surface area contributed by atoms with E-state index < -0.39 is 187 Å². The van der Waals surface area contributed by atoms with Crippen molar-refractivity contribution in [2.45, 2.75) is 209 Å². The number of nitrogens with one attached hydrogen (secondary N) is 3. The number of halogens is 2. The van der Waals surface area contributed by atoms with E-state index in [1.165, 1.54) is 43.6 Å². The summed E-state index contributed by atoms with van der Waals surface area (Å²) in [6.07, 6.45) is -17.0. The Kier molecular flexibility index (Phi) is 25.6. The van der Waals surface area contributed by atoms with Crippen LogP contribution in [0.3, 0.4) is 0 Å². The lowest BCUT2D eigenvalue weighted by Crippen LogP contribution is -2.50. The molecule has 53 heteroatoms. The maximum absolute atomic E-state index is 17.0. The molecular formula is C68H90F2N20O23P4S2Si2. The van der Waals surface area contributed by atoms with Crippen LogP contribution in [0, 0.1) is 17.2 Å². The average molecular weight is 1840 g/mol. The largest absolute Gasteiger partial charge is 0.472 e. The second-order valence-electron chi connectivity index (χ2n) is 32.6. The molecule has 43 nitrogen and oxygen atoms in total. The minimum Gasteiger partial charge on any atom is -0.408 e. The van der Waals surface area contributed by atoms with Crippen molar-refractivity contribution in [1.82, 2.24) is 78.1 Å². The van der Waals surface area contributed by atoms with Crippen LogP contribution in [-0.4, -0.2) is 227 Å². The fourth-order valence-electron chi connectivity index (χ4n) is 13.7. The van der Waals surface area contributed by atoms with E-state index in [4.69, 9.17) is 99.1 Å². The number of nitrogens with zero attached hydrogens (tertiary/aromatic N) is 15. The lowest BCUT2D eigenvalue weighted by atomic mass is 10.1. The molecule has 20 atom stereocenters. The van der Waals surface area contributed by atoms with Crippen LogP contribution in [0.1, 0.15) is 109 Å². The molecule has 1 amide bonds. The number of amides is 1. The number of aromatic nitrogens is 16. The normalized spacial score (nSPS) is 31.5. The number of H-pyrrole nitrogens is 2. The Labute approximate surface area is 699 Å². The number of ketones is 1. The molecule has 6 aliphatic heterocycles. The monoisotopic (exact) mass is 1840 g/mol. The van der Waals surface area contributed by atoms with Crippen LogP contribution >= 0.6 is 28.9 Å². The van der Waals surface area contributed by atoms with E-state index >= 15 is 8.78 Å². The lowest BCUT2D eigenvalue weighted by Gasteiger charge is -2.41. The van der Waals surface area contributed by atoms with Gasteiger partial charge in [-0.25, -0.2) is 58.2 Å². The number of fused-ring (bicyclic) bond motifs is 10. The molecule has 0 radical (unpaired) electrons. The molecule has 6 aliphatic rings. The number of phosphoric acid groups is 1. The Morgan fingerprint density at radius 1 is 0.645 bits per heavy atom. The van der Waals surface area contributed by atoms with Crippen LogP contribution in [0.15, 0.2) is 77.9 Å². The zero-order valence-corrected chi connectivity index (χ0v) is 74.3. The molecule has 9 aromatic rings. The number of phosphoric ester groups is 1. The number of hydrogen-bond acceptors (Lipinski definition) is 35. The summed E-state index contributed by atoms with van der Waals surface area (Å²) >= 11 is 11.5. The van der Waals surface area contributed by atoms with Gasteiger partial charge in [0.1, 0.15) is 84.7 Å². The summed E-state index contributed by atoms with van der Waals surface area (Å²) in [6, 6.07) is 10.4. The highest BCUT2D eigenvalue weighted by atomic mass is 32.5. The summed E-state index contributed by atoms with van der Waals surface area (Å²) in [4.78, 5) is 133. The SMILES string of the molecule is CC(C)(C)[Si](C)(C)O[C@H]1[C@H]2OP(O)(=S)OC[C@H]3O[C@@H](n4cnc5c(N)ncnc54)[C@H](F)[C@@H]3OP(=O)(O)OC[C@H]1O[C@H]2n1cnc2c(=O)[nH]c(N)nc21.CC(C)C(=O)Cc1nc2c(ncn2[C@@H]2O[C@@H]3CCP(=O)(O)O[C@H]4[C@@H](F)[C@H](n5cnc6c(NC(=O)c7ccccc7)ncnc65)O[C@@H]4COP(=S)(OCCC#N)O[C@@H]2[C@@H]3O[Si](C)(C)C(C)(C)C)c(=O)[nH]1. The zero-order valence-electron chi connectivity index (χ0n) is 67.1. The number of anilines is 3. The molecule has 8 aromatic heterocycles. The highest BCUT2D eigenvalue weighted by Crippen LogP contribution is 2.60. The van der Waals surface area contributed by atoms with Crippen LogP contribution in [-0.2, 0) is 108 Å². The first-order valence-corrected chi connectivity index (χ1v) is 52.3. The van der Waals surface area contributed by atoms with Crippen molar-refractivity contribution in [1.29, 1.82) is 5.26 Å². The molecule has 10 N–H and O–H groups in total. The number of benzene rings is 1. The summed E-state index contributed by atoms with van der Waals surface area (Å²) in [5, 5.41) is 11.5. The van der Waals surface area contributed by atoms with Crippen molar-refractivity contribution in [2.24, 2.45) is 5.92 Å². The fourth-order valence-corrected chi connectivity index (χ4v) is 22.1. The van der Waals surface area contributed by atoms with Gasteiger partial charge in [0.25, 0.3) is 17.0 Å². The van der Waals surface area contributed by atoms with Gasteiger partial charge in [0.15, 0.2) is 105 Å². The van der Waals surface area contributed by atoms with Gasteiger partial charge in [-0.2, -0.15) is 10.2 Å². The van der Waals surface area contributed by atoms with Gasteiger partial charge < -0.3 is 77.8 Å². The maximum Gasteiger partial charge on any atom is 0.472 e. The molecule has 4 unspecified atom stereocenters. The summed E-state index contributed by atoms with van der Waals surface area (Å²) in [5.41, 5.74) is 11.2. The number of carbonyl (C=O) groups is 2. The Bertz CT molecular complexity index is 5780. The van der Waals surface area contributed by atoms with E-state index in [1.54, 1.807) is 44.2 Å². The maximum atomic E-state index is 17.0. The molecule has 1 aromatic carbocycles. The van der Waals surface area contributed by atoms with Crippen molar-refractivity contribution >= 4 is 143 Å². The highest BCUT2D eigenvalue weighted by molar-refractivity contribution is 8.07. The minimum atomic E-state index is -5.11. The zero-order chi connectivity index (χ0) is 87.2. The van der Waals surface area contributed by atoms with Crippen molar-refractivity contribution in [3.8, 4) is 6.07 Å². The number of hydrogen-bond donors (Lipinski definition) is 8. The van der Waals surface area contributed by atoms with E-state index in [0.29, 0.717) is 5.56 Å². The molecule has 4 bridgehead atoms. The second kappa shape index (κ2) is 34.5. The van der Waals surface area contributed by atoms with Crippen molar-refractivity contribution in [3.05, 3.63) is 100 Å². The molecule has 0 saturated carbocycles. The third kappa shape index (κ3) is 18.8. The quantitative estimate of drug-likeness (QED) is 0.0259. The van der Waals surface area contributed by atoms with E-state index in [1.807, 2.05) is 73.8 Å². The molecule has 654 valence electrons. The second-order valence-corrected chi connectivity index (χ2v) is 51.2. The van der Waals surface area contributed by atoms with Gasteiger partial charge in [0, 0.05) is 11.5 Å². The Hall–Kier alpha value is -7.38. The summed E-state index contributed by atoms with van der Waals surface area (Å²) in [6.45, 7) is 12.8. The highest BCUT2D eigenvalue weighted by Gasteiger charge is 2.59. The first kappa shape index (κ1) is 89.9. The first-order valence-electron chi connectivity index (χ1n) is 38.0. The Balaban J connectivity index is 0.000000206. The average Bonchev–Trinajstić information content (AvgIpc) is 1.74. The van der Waals surface area contributed by atoms with Crippen molar-refractivity contribution < 1.29 is 106 Å². The molecule has 0 spiro atoms. The third-order valence-electron chi connectivity index (χ3n) is 22.0. The van der Waals surface area contributed by atoms with Crippen LogP contribution in [0.25, 0.3) is 44.7 Å². The molecule has 6 fully saturated rings. The number of ether oxygens (including phenoxy) is 4. The van der Waals surface area contributed by atoms with Gasteiger partial charge in [-0.1, -0.05) is 73.6 Å². The van der Waals surface area contributed by atoms with Crippen LogP contribution < -0.4 is 27.9 Å². The number of nitrogen functional groups attached to an aromatic ring is 2.